The Morgan fingerprint density at radius 1 is 0.944 bits per heavy atom. The van der Waals surface area contributed by atoms with Crippen molar-refractivity contribution in [3.05, 3.63) is 102 Å². The molecule has 1 aromatic heterocycles. The highest BCUT2D eigenvalue weighted by atomic mass is 19.1. The van der Waals surface area contributed by atoms with Crippen LogP contribution in [0.5, 0.6) is 0 Å². The number of carbonyl (C=O) groups excluding carboxylic acids is 2. The SMILES string of the molecule is CCCN(CC(=O)Nc1cc(-c2ccccc2)nn1-c1ccc(F)cc1)C(=O)CCc1ccccc1. The lowest BCUT2D eigenvalue weighted by Crippen LogP contribution is -2.38. The molecule has 4 aromatic rings. The van der Waals surface area contributed by atoms with Crippen molar-refractivity contribution in [2.24, 2.45) is 0 Å². The minimum absolute atomic E-state index is 0.0588. The maximum absolute atomic E-state index is 13.5. The molecule has 0 saturated carbocycles. The van der Waals surface area contributed by atoms with Gasteiger partial charge in [0, 0.05) is 24.6 Å². The van der Waals surface area contributed by atoms with Gasteiger partial charge < -0.3 is 10.2 Å². The van der Waals surface area contributed by atoms with Crippen LogP contribution in [0, 0.1) is 5.82 Å². The van der Waals surface area contributed by atoms with Gasteiger partial charge in [-0.2, -0.15) is 5.10 Å². The number of aromatic nitrogens is 2. The number of carbonyl (C=O) groups is 2. The Hall–Kier alpha value is -4.26. The first-order valence-electron chi connectivity index (χ1n) is 12.1. The number of benzene rings is 3. The molecule has 0 aliphatic carbocycles. The van der Waals surface area contributed by atoms with Gasteiger partial charge in [0.15, 0.2) is 0 Å². The number of aryl methyl sites for hydroxylation is 1. The molecule has 0 aliphatic rings. The molecular formula is C29H29FN4O2. The zero-order valence-corrected chi connectivity index (χ0v) is 20.2. The van der Waals surface area contributed by atoms with Crippen LogP contribution in [0.3, 0.4) is 0 Å². The van der Waals surface area contributed by atoms with Gasteiger partial charge in [0.05, 0.1) is 17.9 Å². The van der Waals surface area contributed by atoms with Crippen molar-refractivity contribution < 1.29 is 14.0 Å². The second kappa shape index (κ2) is 11.9. The van der Waals surface area contributed by atoms with E-state index in [2.05, 4.69) is 10.4 Å². The maximum atomic E-state index is 13.5. The third kappa shape index (κ3) is 6.44. The molecule has 7 heteroatoms. The van der Waals surface area contributed by atoms with E-state index in [9.17, 15) is 14.0 Å². The minimum Gasteiger partial charge on any atom is -0.333 e. The Labute approximate surface area is 210 Å². The number of hydrogen-bond donors (Lipinski definition) is 1. The summed E-state index contributed by atoms with van der Waals surface area (Å²) in [5.74, 6) is -0.296. The Morgan fingerprint density at radius 2 is 1.61 bits per heavy atom. The van der Waals surface area contributed by atoms with Gasteiger partial charge in [-0.05, 0) is 42.7 Å². The average molecular weight is 485 g/mol. The van der Waals surface area contributed by atoms with E-state index in [0.717, 1.165) is 17.5 Å². The predicted octanol–water partition coefficient (Wildman–Crippen LogP) is 5.49. The van der Waals surface area contributed by atoms with Crippen LogP contribution < -0.4 is 5.32 Å². The van der Waals surface area contributed by atoms with Gasteiger partial charge in [-0.15, -0.1) is 0 Å². The fourth-order valence-corrected chi connectivity index (χ4v) is 3.97. The van der Waals surface area contributed by atoms with Gasteiger partial charge in [0.2, 0.25) is 11.8 Å². The molecule has 184 valence electrons. The highest BCUT2D eigenvalue weighted by Gasteiger charge is 2.19. The third-order valence-corrected chi connectivity index (χ3v) is 5.77. The van der Waals surface area contributed by atoms with E-state index < -0.39 is 0 Å². The van der Waals surface area contributed by atoms with E-state index in [1.54, 1.807) is 27.8 Å². The minimum atomic E-state index is -0.357. The molecule has 0 spiro atoms. The number of rotatable bonds is 10. The largest absolute Gasteiger partial charge is 0.333 e. The zero-order chi connectivity index (χ0) is 25.3. The summed E-state index contributed by atoms with van der Waals surface area (Å²) < 4.78 is 15.1. The number of nitrogens with zero attached hydrogens (tertiary/aromatic N) is 3. The van der Waals surface area contributed by atoms with Crippen LogP contribution in [-0.2, 0) is 16.0 Å². The molecule has 1 heterocycles. The first-order chi connectivity index (χ1) is 17.5. The molecule has 36 heavy (non-hydrogen) atoms. The second-order valence-electron chi connectivity index (χ2n) is 8.52. The van der Waals surface area contributed by atoms with Crippen LogP contribution in [0.2, 0.25) is 0 Å². The fraction of sp³-hybridized carbons (Fsp3) is 0.207. The number of anilines is 1. The lowest BCUT2D eigenvalue weighted by molar-refractivity contribution is -0.134. The Morgan fingerprint density at radius 3 is 2.28 bits per heavy atom. The van der Waals surface area contributed by atoms with Gasteiger partial charge in [0.1, 0.15) is 11.6 Å². The first kappa shape index (κ1) is 24.9. The molecule has 0 unspecified atom stereocenters. The van der Waals surface area contributed by atoms with Crippen molar-refractivity contribution in [1.29, 1.82) is 0 Å². The lowest BCUT2D eigenvalue weighted by Gasteiger charge is -2.22. The van der Waals surface area contributed by atoms with Crippen LogP contribution in [0.4, 0.5) is 10.2 Å². The summed E-state index contributed by atoms with van der Waals surface area (Å²) in [4.78, 5) is 27.5. The van der Waals surface area contributed by atoms with Crippen LogP contribution >= 0.6 is 0 Å². The number of halogens is 1. The molecule has 0 radical (unpaired) electrons. The van der Waals surface area contributed by atoms with Crippen LogP contribution in [0.25, 0.3) is 16.9 Å². The molecule has 4 rings (SSSR count). The summed E-state index contributed by atoms with van der Waals surface area (Å²) in [6, 6.07) is 27.1. The molecular weight excluding hydrogens is 455 g/mol. The van der Waals surface area contributed by atoms with E-state index in [4.69, 9.17) is 0 Å². The van der Waals surface area contributed by atoms with Crippen molar-refractivity contribution in [2.45, 2.75) is 26.2 Å². The summed E-state index contributed by atoms with van der Waals surface area (Å²) in [7, 11) is 0. The Kier molecular flexibility index (Phi) is 8.24. The van der Waals surface area contributed by atoms with Crippen molar-refractivity contribution in [2.75, 3.05) is 18.4 Å². The van der Waals surface area contributed by atoms with E-state index in [0.29, 0.717) is 36.6 Å². The highest BCUT2D eigenvalue weighted by Crippen LogP contribution is 2.25. The fourth-order valence-electron chi connectivity index (χ4n) is 3.97. The van der Waals surface area contributed by atoms with E-state index >= 15 is 0 Å². The number of hydrogen-bond acceptors (Lipinski definition) is 3. The average Bonchev–Trinajstić information content (AvgIpc) is 3.32. The standard InChI is InChI=1S/C29H29FN4O2/c1-2-19-33(29(36)18-13-22-9-5-3-6-10-22)21-28(35)31-27-20-26(23-11-7-4-8-12-23)32-34(27)25-16-14-24(30)15-17-25/h3-12,14-17,20H,2,13,18-19,21H2,1H3,(H,31,35). The second-order valence-corrected chi connectivity index (χ2v) is 8.52. The van der Waals surface area contributed by atoms with Gasteiger partial charge in [-0.1, -0.05) is 67.6 Å². The van der Waals surface area contributed by atoms with Gasteiger partial charge >= 0.3 is 0 Å². The smallest absolute Gasteiger partial charge is 0.245 e. The van der Waals surface area contributed by atoms with Crippen LogP contribution in [0.15, 0.2) is 91.0 Å². The Bertz CT molecular complexity index is 1290. The summed E-state index contributed by atoms with van der Waals surface area (Å²) in [6.07, 6.45) is 1.71. The van der Waals surface area contributed by atoms with Crippen LogP contribution in [-0.4, -0.2) is 39.6 Å². The lowest BCUT2D eigenvalue weighted by atomic mass is 10.1. The molecule has 1 N–H and O–H groups in total. The molecule has 2 amide bonds. The normalized spacial score (nSPS) is 10.7. The summed E-state index contributed by atoms with van der Waals surface area (Å²) in [5.41, 5.74) is 3.25. The van der Waals surface area contributed by atoms with Gasteiger partial charge in [-0.3, -0.25) is 9.59 Å². The third-order valence-electron chi connectivity index (χ3n) is 5.77. The topological polar surface area (TPSA) is 67.2 Å². The van der Waals surface area contributed by atoms with Crippen molar-refractivity contribution in [3.63, 3.8) is 0 Å². The number of nitrogens with one attached hydrogen (secondary N) is 1. The van der Waals surface area contributed by atoms with Gasteiger partial charge in [0.25, 0.3) is 0 Å². The summed E-state index contributed by atoms with van der Waals surface area (Å²) in [5, 5.41) is 7.55. The molecule has 3 aromatic carbocycles. The zero-order valence-electron chi connectivity index (χ0n) is 20.2. The van der Waals surface area contributed by atoms with Crippen molar-refractivity contribution >= 4 is 17.6 Å². The predicted molar refractivity (Wildman–Crippen MR) is 139 cm³/mol. The summed E-state index contributed by atoms with van der Waals surface area (Å²) >= 11 is 0. The molecule has 0 atom stereocenters. The van der Waals surface area contributed by atoms with E-state index in [-0.39, 0.29) is 24.2 Å². The van der Waals surface area contributed by atoms with E-state index in [1.807, 2.05) is 67.6 Å². The molecule has 0 bridgehead atoms. The molecule has 0 aliphatic heterocycles. The molecule has 6 nitrogen and oxygen atoms in total. The van der Waals surface area contributed by atoms with Crippen molar-refractivity contribution in [3.8, 4) is 16.9 Å². The maximum Gasteiger partial charge on any atom is 0.245 e. The number of amides is 2. The molecule has 0 saturated heterocycles. The highest BCUT2D eigenvalue weighted by molar-refractivity contribution is 5.94. The quantitative estimate of drug-likeness (QED) is 0.324. The molecule has 0 fully saturated rings. The van der Waals surface area contributed by atoms with E-state index in [1.165, 1.54) is 12.1 Å². The van der Waals surface area contributed by atoms with Gasteiger partial charge in [-0.25, -0.2) is 9.07 Å². The Balaban J connectivity index is 1.51. The monoisotopic (exact) mass is 484 g/mol. The van der Waals surface area contributed by atoms with Crippen LogP contribution in [0.1, 0.15) is 25.3 Å². The van der Waals surface area contributed by atoms with Crippen molar-refractivity contribution in [1.82, 2.24) is 14.7 Å². The first-order valence-corrected chi connectivity index (χ1v) is 12.1. The summed E-state index contributed by atoms with van der Waals surface area (Å²) in [6.45, 7) is 2.41.